The molecular weight excluding hydrogens is 130 g/mol. The lowest BCUT2D eigenvalue weighted by Gasteiger charge is -1.69. The number of hydrogen-bond donors (Lipinski definition) is 1. The van der Waals surface area contributed by atoms with Gasteiger partial charge in [-0.2, -0.15) is 10.2 Å². The minimum absolute atomic E-state index is 0.333. The van der Waals surface area contributed by atoms with Crippen LogP contribution in [-0.4, -0.2) is 16.1 Å². The summed E-state index contributed by atoms with van der Waals surface area (Å²) >= 11 is 0. The average molecular weight is 139 g/mol. The molecule has 1 rings (SSSR count). The quantitative estimate of drug-likeness (QED) is 0.548. The molecule has 1 aromatic rings. The molecule has 4 heteroatoms. The first-order valence-corrected chi connectivity index (χ1v) is 2.71. The second-order valence-electron chi connectivity index (χ2n) is 1.52. The molecular formula is C6H9N3O. The smallest absolute Gasteiger partial charge is 0.214 e. The molecule has 0 saturated carbocycles. The van der Waals surface area contributed by atoms with Crippen LogP contribution in [0.2, 0.25) is 0 Å². The molecule has 1 heterocycles. The first kappa shape index (κ1) is 8.55. The van der Waals surface area contributed by atoms with Gasteiger partial charge in [-0.15, -0.1) is 0 Å². The van der Waals surface area contributed by atoms with Gasteiger partial charge in [0.15, 0.2) is 0 Å². The normalized spacial score (nSPS) is 7.30. The fourth-order valence-electron chi connectivity index (χ4n) is 0.253. The highest BCUT2D eigenvalue weighted by Gasteiger charge is 1.61. The summed E-state index contributed by atoms with van der Waals surface area (Å²) in [5, 5.41) is 7.07. The molecule has 0 aliphatic heterocycles. The van der Waals surface area contributed by atoms with E-state index < -0.39 is 0 Å². The molecule has 0 unspecified atom stereocenters. The van der Waals surface area contributed by atoms with Gasteiger partial charge in [0.25, 0.3) is 0 Å². The number of amides is 1. The van der Waals surface area contributed by atoms with Crippen molar-refractivity contribution in [2.24, 2.45) is 5.73 Å². The van der Waals surface area contributed by atoms with Gasteiger partial charge in [-0.25, -0.2) is 0 Å². The summed E-state index contributed by atoms with van der Waals surface area (Å²) < 4.78 is 0. The number of carbonyl (C=O) groups excluding carboxylic acids is 1. The molecule has 1 aromatic heterocycles. The Labute approximate surface area is 59.1 Å². The third-order valence-electron chi connectivity index (χ3n) is 0.483. The number of nitrogens with zero attached hydrogens (tertiary/aromatic N) is 2. The van der Waals surface area contributed by atoms with Gasteiger partial charge in [0.2, 0.25) is 5.91 Å². The highest BCUT2D eigenvalue weighted by atomic mass is 16.1. The van der Waals surface area contributed by atoms with Crippen LogP contribution in [-0.2, 0) is 4.79 Å². The standard InChI is InChI=1S/C4H4N2.C2H5NO/c1-2-4-6-5-3-1;1-2(3)4/h1-4H;1H3,(H2,3,4). The summed E-state index contributed by atoms with van der Waals surface area (Å²) in [6, 6.07) is 3.65. The predicted molar refractivity (Wildman–Crippen MR) is 36.9 cm³/mol. The molecule has 0 radical (unpaired) electrons. The highest BCUT2D eigenvalue weighted by Crippen LogP contribution is 1.68. The van der Waals surface area contributed by atoms with Crippen LogP contribution in [0.1, 0.15) is 6.92 Å². The topological polar surface area (TPSA) is 68.9 Å². The summed E-state index contributed by atoms with van der Waals surface area (Å²) in [6.07, 6.45) is 3.28. The van der Waals surface area contributed by atoms with Crippen molar-refractivity contribution in [3.8, 4) is 0 Å². The van der Waals surface area contributed by atoms with Gasteiger partial charge in [0, 0.05) is 19.3 Å². The van der Waals surface area contributed by atoms with Crippen LogP contribution >= 0.6 is 0 Å². The number of rotatable bonds is 0. The lowest BCUT2D eigenvalue weighted by Crippen LogP contribution is -2.01. The van der Waals surface area contributed by atoms with Crippen molar-refractivity contribution in [1.29, 1.82) is 0 Å². The minimum atomic E-state index is -0.333. The predicted octanol–water partition coefficient (Wildman–Crippen LogP) is -0.0318. The van der Waals surface area contributed by atoms with Crippen molar-refractivity contribution in [3.63, 3.8) is 0 Å². The molecule has 0 spiro atoms. The van der Waals surface area contributed by atoms with Crippen molar-refractivity contribution in [1.82, 2.24) is 10.2 Å². The number of nitrogens with two attached hydrogens (primary N) is 1. The summed E-state index contributed by atoms with van der Waals surface area (Å²) in [7, 11) is 0. The Morgan fingerprint density at radius 2 is 1.60 bits per heavy atom. The Morgan fingerprint density at radius 3 is 1.70 bits per heavy atom. The zero-order valence-electron chi connectivity index (χ0n) is 5.69. The summed E-state index contributed by atoms with van der Waals surface area (Å²) in [6.45, 7) is 1.31. The molecule has 0 fully saturated rings. The summed E-state index contributed by atoms with van der Waals surface area (Å²) in [5.74, 6) is -0.333. The first-order valence-electron chi connectivity index (χ1n) is 2.71. The Hall–Kier alpha value is -1.45. The third kappa shape index (κ3) is 9.75. The largest absolute Gasteiger partial charge is 0.370 e. The molecule has 4 nitrogen and oxygen atoms in total. The van der Waals surface area contributed by atoms with Crippen LogP contribution in [0, 0.1) is 0 Å². The molecule has 1 amide bonds. The average Bonchev–Trinajstić information content (AvgIpc) is 1.90. The molecule has 54 valence electrons. The maximum absolute atomic E-state index is 9.22. The van der Waals surface area contributed by atoms with Gasteiger partial charge in [-0.1, -0.05) is 0 Å². The fraction of sp³-hybridized carbons (Fsp3) is 0.167. The van der Waals surface area contributed by atoms with E-state index in [-0.39, 0.29) is 5.91 Å². The van der Waals surface area contributed by atoms with Crippen molar-refractivity contribution in [2.75, 3.05) is 0 Å². The van der Waals surface area contributed by atoms with Crippen LogP contribution in [0.3, 0.4) is 0 Å². The van der Waals surface area contributed by atoms with Crippen LogP contribution in [0.25, 0.3) is 0 Å². The molecule has 0 bridgehead atoms. The Balaban J connectivity index is 0.000000180. The van der Waals surface area contributed by atoms with E-state index in [1.54, 1.807) is 12.4 Å². The second kappa shape index (κ2) is 5.68. The number of carbonyl (C=O) groups is 1. The van der Waals surface area contributed by atoms with Crippen LogP contribution < -0.4 is 5.73 Å². The molecule has 10 heavy (non-hydrogen) atoms. The van der Waals surface area contributed by atoms with E-state index in [1.165, 1.54) is 6.92 Å². The zero-order valence-corrected chi connectivity index (χ0v) is 5.69. The summed E-state index contributed by atoms with van der Waals surface area (Å²) in [4.78, 5) is 9.22. The second-order valence-corrected chi connectivity index (χ2v) is 1.52. The van der Waals surface area contributed by atoms with E-state index in [9.17, 15) is 4.79 Å². The van der Waals surface area contributed by atoms with Crippen molar-refractivity contribution in [2.45, 2.75) is 6.92 Å². The summed E-state index contributed by atoms with van der Waals surface area (Å²) in [5.41, 5.74) is 4.47. The van der Waals surface area contributed by atoms with E-state index >= 15 is 0 Å². The maximum Gasteiger partial charge on any atom is 0.214 e. The molecule has 0 aliphatic rings. The lowest BCUT2D eigenvalue weighted by molar-refractivity contribution is -0.115. The van der Waals surface area contributed by atoms with Crippen LogP contribution in [0.5, 0.6) is 0 Å². The van der Waals surface area contributed by atoms with E-state index in [0.717, 1.165) is 0 Å². The van der Waals surface area contributed by atoms with E-state index in [4.69, 9.17) is 0 Å². The number of primary amides is 1. The number of hydrogen-bond acceptors (Lipinski definition) is 3. The van der Waals surface area contributed by atoms with Crippen LogP contribution in [0.4, 0.5) is 0 Å². The molecule has 0 atom stereocenters. The van der Waals surface area contributed by atoms with E-state index in [1.807, 2.05) is 12.1 Å². The zero-order chi connectivity index (χ0) is 7.82. The Morgan fingerprint density at radius 1 is 1.30 bits per heavy atom. The lowest BCUT2D eigenvalue weighted by atomic mass is 10.6. The van der Waals surface area contributed by atoms with E-state index in [2.05, 4.69) is 15.9 Å². The van der Waals surface area contributed by atoms with Gasteiger partial charge in [0.1, 0.15) is 0 Å². The first-order chi connectivity index (χ1) is 4.73. The molecule has 0 aliphatic carbocycles. The molecule has 0 saturated heterocycles. The Kier molecular flexibility index (Phi) is 4.86. The highest BCUT2D eigenvalue weighted by molar-refractivity contribution is 5.70. The van der Waals surface area contributed by atoms with E-state index in [0.29, 0.717) is 0 Å². The van der Waals surface area contributed by atoms with Gasteiger partial charge in [-0.05, 0) is 12.1 Å². The molecule has 0 aromatic carbocycles. The maximum atomic E-state index is 9.22. The van der Waals surface area contributed by atoms with Crippen molar-refractivity contribution >= 4 is 5.91 Å². The Bertz CT molecular complexity index is 145. The van der Waals surface area contributed by atoms with Crippen molar-refractivity contribution in [3.05, 3.63) is 24.5 Å². The molecule has 2 N–H and O–H groups in total. The van der Waals surface area contributed by atoms with Gasteiger partial charge in [0.05, 0.1) is 0 Å². The monoisotopic (exact) mass is 139 g/mol. The third-order valence-corrected chi connectivity index (χ3v) is 0.483. The van der Waals surface area contributed by atoms with Crippen molar-refractivity contribution < 1.29 is 4.79 Å². The van der Waals surface area contributed by atoms with Crippen LogP contribution in [0.15, 0.2) is 24.5 Å². The van der Waals surface area contributed by atoms with Gasteiger partial charge in [-0.3, -0.25) is 4.79 Å². The fourth-order valence-corrected chi connectivity index (χ4v) is 0.253. The number of aromatic nitrogens is 2. The SMILES string of the molecule is CC(N)=O.c1ccnnc1. The van der Waals surface area contributed by atoms with Gasteiger partial charge >= 0.3 is 0 Å². The minimum Gasteiger partial charge on any atom is -0.370 e. The van der Waals surface area contributed by atoms with Gasteiger partial charge < -0.3 is 5.73 Å².